The minimum absolute atomic E-state index is 0.114. The highest BCUT2D eigenvalue weighted by molar-refractivity contribution is 4.88. The van der Waals surface area contributed by atoms with Crippen LogP contribution in [0.4, 0.5) is 0 Å². The molecule has 0 radical (unpaired) electrons. The quantitative estimate of drug-likeness (QED) is 0.692. The summed E-state index contributed by atoms with van der Waals surface area (Å²) in [7, 11) is 1.72. The fraction of sp³-hybridized carbons (Fsp3) is 1.00. The van der Waals surface area contributed by atoms with Crippen molar-refractivity contribution >= 4 is 0 Å². The Balaban J connectivity index is 2.28. The van der Waals surface area contributed by atoms with E-state index in [-0.39, 0.29) is 5.41 Å². The van der Waals surface area contributed by atoms with Crippen LogP contribution >= 0.6 is 0 Å². The standard InChI is InChI=1S/C17H34O3/c1-16(2,3)15-6-8-17(14-18,9-7-15)10-13-20-12-5-11-19-4/h15,18H,5-14H2,1-4H3. The van der Waals surface area contributed by atoms with Crippen molar-refractivity contribution in [2.24, 2.45) is 16.7 Å². The molecule has 1 saturated carbocycles. The number of hydrogen-bond acceptors (Lipinski definition) is 3. The molecule has 0 bridgehead atoms. The van der Waals surface area contributed by atoms with E-state index in [9.17, 15) is 5.11 Å². The maximum atomic E-state index is 9.80. The average molecular weight is 286 g/mol. The molecule has 0 saturated heterocycles. The number of aliphatic hydroxyl groups is 1. The Morgan fingerprint density at radius 3 is 2.25 bits per heavy atom. The van der Waals surface area contributed by atoms with Gasteiger partial charge in [-0.2, -0.15) is 0 Å². The number of methoxy groups -OCH3 is 1. The lowest BCUT2D eigenvalue weighted by atomic mass is 9.63. The zero-order chi connectivity index (χ0) is 15.1. The maximum Gasteiger partial charge on any atom is 0.0488 e. The molecule has 1 aliphatic rings. The second kappa shape index (κ2) is 8.35. The number of hydrogen-bond donors (Lipinski definition) is 1. The van der Waals surface area contributed by atoms with Gasteiger partial charge < -0.3 is 14.6 Å². The van der Waals surface area contributed by atoms with Gasteiger partial charge in [0.1, 0.15) is 0 Å². The lowest BCUT2D eigenvalue weighted by molar-refractivity contribution is 0.00276. The number of ether oxygens (including phenoxy) is 2. The van der Waals surface area contributed by atoms with E-state index in [1.165, 1.54) is 12.8 Å². The zero-order valence-electron chi connectivity index (χ0n) is 13.9. The molecule has 120 valence electrons. The third-order valence-corrected chi connectivity index (χ3v) is 5.02. The molecule has 1 rings (SSSR count). The van der Waals surface area contributed by atoms with Crippen molar-refractivity contribution in [1.82, 2.24) is 0 Å². The molecule has 0 heterocycles. The molecule has 3 heteroatoms. The largest absolute Gasteiger partial charge is 0.396 e. The molecule has 1 fully saturated rings. The first-order chi connectivity index (χ1) is 9.43. The average Bonchev–Trinajstić information content (AvgIpc) is 2.42. The van der Waals surface area contributed by atoms with Crippen LogP contribution in [0.15, 0.2) is 0 Å². The topological polar surface area (TPSA) is 38.7 Å². The summed E-state index contributed by atoms with van der Waals surface area (Å²) in [4.78, 5) is 0. The van der Waals surface area contributed by atoms with E-state index in [0.717, 1.165) is 51.4 Å². The monoisotopic (exact) mass is 286 g/mol. The van der Waals surface area contributed by atoms with Gasteiger partial charge in [0.15, 0.2) is 0 Å². The first-order valence-corrected chi connectivity index (χ1v) is 8.11. The highest BCUT2D eigenvalue weighted by Crippen LogP contribution is 2.46. The smallest absolute Gasteiger partial charge is 0.0488 e. The number of rotatable bonds is 8. The van der Waals surface area contributed by atoms with E-state index in [2.05, 4.69) is 20.8 Å². The maximum absolute atomic E-state index is 9.80. The fourth-order valence-corrected chi connectivity index (χ4v) is 3.28. The fourth-order valence-electron chi connectivity index (χ4n) is 3.28. The lowest BCUT2D eigenvalue weighted by Gasteiger charge is -2.43. The molecule has 0 spiro atoms. The van der Waals surface area contributed by atoms with Gasteiger partial charge in [0, 0.05) is 33.5 Å². The van der Waals surface area contributed by atoms with E-state index in [0.29, 0.717) is 12.0 Å². The van der Waals surface area contributed by atoms with E-state index in [1.807, 2.05) is 0 Å². The number of aliphatic hydroxyl groups excluding tert-OH is 1. The SMILES string of the molecule is COCCCOCCC1(CO)CCC(C(C)(C)C)CC1. The summed E-state index contributed by atoms with van der Waals surface area (Å²) in [6, 6.07) is 0. The molecule has 1 aliphatic carbocycles. The van der Waals surface area contributed by atoms with Crippen molar-refractivity contribution in [3.05, 3.63) is 0 Å². The Kier molecular flexibility index (Phi) is 7.49. The summed E-state index contributed by atoms with van der Waals surface area (Å²) < 4.78 is 10.7. The molecule has 0 aromatic heterocycles. The summed E-state index contributed by atoms with van der Waals surface area (Å²) in [6.07, 6.45) is 6.73. The summed E-state index contributed by atoms with van der Waals surface area (Å²) in [5.74, 6) is 0.796. The molecule has 0 amide bonds. The Bertz CT molecular complexity index is 249. The van der Waals surface area contributed by atoms with Crippen molar-refractivity contribution in [3.8, 4) is 0 Å². The normalized spacial score (nSPS) is 27.8. The second-order valence-electron chi connectivity index (χ2n) is 7.51. The van der Waals surface area contributed by atoms with Gasteiger partial charge in [0.25, 0.3) is 0 Å². The van der Waals surface area contributed by atoms with Gasteiger partial charge in [-0.05, 0) is 55.3 Å². The van der Waals surface area contributed by atoms with Crippen LogP contribution in [-0.4, -0.2) is 38.6 Å². The molecule has 3 nitrogen and oxygen atoms in total. The van der Waals surface area contributed by atoms with Crippen LogP contribution < -0.4 is 0 Å². The Morgan fingerprint density at radius 2 is 1.75 bits per heavy atom. The third kappa shape index (κ3) is 5.71. The molecule has 0 unspecified atom stereocenters. The van der Waals surface area contributed by atoms with Crippen molar-refractivity contribution in [2.45, 2.75) is 59.3 Å². The van der Waals surface area contributed by atoms with Gasteiger partial charge >= 0.3 is 0 Å². The summed E-state index contributed by atoms with van der Waals surface area (Å²) in [5, 5.41) is 9.80. The molecular weight excluding hydrogens is 252 g/mol. The highest BCUT2D eigenvalue weighted by atomic mass is 16.5. The van der Waals surface area contributed by atoms with Crippen LogP contribution in [-0.2, 0) is 9.47 Å². The highest BCUT2D eigenvalue weighted by Gasteiger charge is 2.38. The Hall–Kier alpha value is -0.120. The molecule has 0 aromatic carbocycles. The minimum Gasteiger partial charge on any atom is -0.396 e. The van der Waals surface area contributed by atoms with Crippen LogP contribution in [0, 0.1) is 16.7 Å². The summed E-state index contributed by atoms with van der Waals surface area (Å²) in [6.45, 7) is 9.61. The van der Waals surface area contributed by atoms with E-state index < -0.39 is 0 Å². The van der Waals surface area contributed by atoms with Gasteiger partial charge in [-0.1, -0.05) is 20.8 Å². The van der Waals surface area contributed by atoms with Crippen LogP contribution in [0.25, 0.3) is 0 Å². The molecule has 0 aliphatic heterocycles. The minimum atomic E-state index is 0.114. The molecule has 1 N–H and O–H groups in total. The molecule has 0 atom stereocenters. The van der Waals surface area contributed by atoms with Crippen LogP contribution in [0.2, 0.25) is 0 Å². The first-order valence-electron chi connectivity index (χ1n) is 8.11. The molecule has 0 aromatic rings. The van der Waals surface area contributed by atoms with Gasteiger partial charge in [0.2, 0.25) is 0 Å². The predicted octanol–water partition coefficient (Wildman–Crippen LogP) is 3.64. The Labute approximate surface area is 125 Å². The van der Waals surface area contributed by atoms with Crippen molar-refractivity contribution in [3.63, 3.8) is 0 Å². The zero-order valence-corrected chi connectivity index (χ0v) is 13.9. The third-order valence-electron chi connectivity index (χ3n) is 5.02. The van der Waals surface area contributed by atoms with E-state index >= 15 is 0 Å². The van der Waals surface area contributed by atoms with E-state index in [4.69, 9.17) is 9.47 Å². The van der Waals surface area contributed by atoms with Crippen LogP contribution in [0.5, 0.6) is 0 Å². The van der Waals surface area contributed by atoms with Gasteiger partial charge in [-0.25, -0.2) is 0 Å². The Morgan fingerprint density at radius 1 is 1.10 bits per heavy atom. The molecule has 20 heavy (non-hydrogen) atoms. The summed E-state index contributed by atoms with van der Waals surface area (Å²) >= 11 is 0. The van der Waals surface area contributed by atoms with Crippen molar-refractivity contribution < 1.29 is 14.6 Å². The van der Waals surface area contributed by atoms with Gasteiger partial charge in [-0.3, -0.25) is 0 Å². The van der Waals surface area contributed by atoms with Crippen molar-refractivity contribution in [1.29, 1.82) is 0 Å². The summed E-state index contributed by atoms with van der Waals surface area (Å²) in [5.41, 5.74) is 0.515. The second-order valence-corrected chi connectivity index (χ2v) is 7.51. The predicted molar refractivity (Wildman–Crippen MR) is 82.9 cm³/mol. The van der Waals surface area contributed by atoms with Gasteiger partial charge in [0.05, 0.1) is 0 Å². The van der Waals surface area contributed by atoms with Crippen molar-refractivity contribution in [2.75, 3.05) is 33.5 Å². The lowest BCUT2D eigenvalue weighted by Crippen LogP contribution is -2.36. The molecular formula is C17H34O3. The van der Waals surface area contributed by atoms with Crippen LogP contribution in [0.3, 0.4) is 0 Å². The van der Waals surface area contributed by atoms with E-state index in [1.54, 1.807) is 7.11 Å². The first kappa shape index (κ1) is 17.9. The van der Waals surface area contributed by atoms with Gasteiger partial charge in [-0.15, -0.1) is 0 Å². The van der Waals surface area contributed by atoms with Crippen LogP contribution in [0.1, 0.15) is 59.3 Å².